The van der Waals surface area contributed by atoms with Gasteiger partial charge in [-0.15, -0.1) is 0 Å². The van der Waals surface area contributed by atoms with E-state index in [4.69, 9.17) is 0 Å². The lowest BCUT2D eigenvalue weighted by Crippen LogP contribution is -2.25. The number of hydrogen-bond donors (Lipinski definition) is 1. The number of hydrogen-bond acceptors (Lipinski definition) is 2. The maximum atomic E-state index is 13.0. The van der Waals surface area contributed by atoms with Crippen LogP contribution in [-0.4, -0.2) is 16.3 Å². The summed E-state index contributed by atoms with van der Waals surface area (Å²) in [6, 6.07) is 16.7. The molecule has 1 N–H and O–H groups in total. The van der Waals surface area contributed by atoms with Crippen molar-refractivity contribution in [3.63, 3.8) is 0 Å². The van der Waals surface area contributed by atoms with Gasteiger partial charge in [-0.3, -0.25) is 9.59 Å². The Labute approximate surface area is 151 Å². The van der Waals surface area contributed by atoms with Gasteiger partial charge in [0.1, 0.15) is 5.82 Å². The molecule has 0 radical (unpaired) electrons. The molecule has 0 aliphatic rings. The van der Waals surface area contributed by atoms with Crippen LogP contribution in [0, 0.1) is 5.82 Å². The van der Waals surface area contributed by atoms with E-state index >= 15 is 0 Å². The monoisotopic (exact) mass is 350 g/mol. The number of rotatable bonds is 6. The molecule has 26 heavy (non-hydrogen) atoms. The standard InChI is InChI=1S/C21H19FN2O2/c1-2-15-7-11-18(12-8-15)23-21(26)20(25)19-4-3-13-24(19)14-16-5-9-17(22)10-6-16/h3-13H,2,14H2,1H3,(H,23,26). The van der Waals surface area contributed by atoms with Crippen LogP contribution in [0.1, 0.15) is 28.5 Å². The molecule has 0 aliphatic carbocycles. The number of aromatic nitrogens is 1. The van der Waals surface area contributed by atoms with Crippen LogP contribution in [0.5, 0.6) is 0 Å². The molecule has 4 nitrogen and oxygen atoms in total. The molecule has 3 aromatic rings. The van der Waals surface area contributed by atoms with Gasteiger partial charge in [-0.25, -0.2) is 4.39 Å². The van der Waals surface area contributed by atoms with Gasteiger partial charge in [0, 0.05) is 18.4 Å². The van der Waals surface area contributed by atoms with Gasteiger partial charge in [0.05, 0.1) is 5.69 Å². The summed E-state index contributed by atoms with van der Waals surface area (Å²) in [5.74, 6) is -1.61. The fourth-order valence-corrected chi connectivity index (χ4v) is 2.67. The summed E-state index contributed by atoms with van der Waals surface area (Å²) >= 11 is 0. The minimum atomic E-state index is -0.687. The zero-order chi connectivity index (χ0) is 18.5. The molecule has 0 saturated carbocycles. The minimum absolute atomic E-state index is 0.289. The molecule has 0 spiro atoms. The van der Waals surface area contributed by atoms with E-state index in [2.05, 4.69) is 5.32 Å². The lowest BCUT2D eigenvalue weighted by molar-refractivity contribution is -0.112. The van der Waals surface area contributed by atoms with Crippen LogP contribution in [-0.2, 0) is 17.8 Å². The van der Waals surface area contributed by atoms with E-state index in [1.54, 1.807) is 47.2 Å². The Hall–Kier alpha value is -3.21. The number of amides is 1. The van der Waals surface area contributed by atoms with E-state index in [0.717, 1.165) is 17.5 Å². The highest BCUT2D eigenvalue weighted by atomic mass is 19.1. The predicted octanol–water partition coefficient (Wildman–Crippen LogP) is 4.06. The first kappa shape index (κ1) is 17.6. The molecule has 1 aromatic heterocycles. The number of anilines is 1. The second-order valence-electron chi connectivity index (χ2n) is 5.98. The molecule has 1 heterocycles. The molecule has 3 rings (SSSR count). The zero-order valence-electron chi connectivity index (χ0n) is 14.4. The van der Waals surface area contributed by atoms with Gasteiger partial charge in [-0.2, -0.15) is 0 Å². The van der Waals surface area contributed by atoms with Crippen molar-refractivity contribution in [2.24, 2.45) is 0 Å². The average molecular weight is 350 g/mol. The molecule has 0 aliphatic heterocycles. The van der Waals surface area contributed by atoms with Crippen molar-refractivity contribution in [1.82, 2.24) is 4.57 Å². The molecule has 132 valence electrons. The Kier molecular flexibility index (Phi) is 5.27. The molecule has 0 saturated heterocycles. The molecule has 5 heteroatoms. The van der Waals surface area contributed by atoms with Crippen LogP contribution in [0.25, 0.3) is 0 Å². The Bertz CT molecular complexity index is 912. The van der Waals surface area contributed by atoms with Crippen molar-refractivity contribution >= 4 is 17.4 Å². The zero-order valence-corrected chi connectivity index (χ0v) is 14.4. The van der Waals surface area contributed by atoms with Crippen LogP contribution in [0.15, 0.2) is 66.9 Å². The third-order valence-corrected chi connectivity index (χ3v) is 4.15. The van der Waals surface area contributed by atoms with E-state index in [-0.39, 0.29) is 11.5 Å². The van der Waals surface area contributed by atoms with Crippen molar-refractivity contribution in [3.8, 4) is 0 Å². The highest BCUT2D eigenvalue weighted by molar-refractivity contribution is 6.46. The lowest BCUT2D eigenvalue weighted by atomic mass is 10.1. The van der Waals surface area contributed by atoms with Crippen molar-refractivity contribution in [2.75, 3.05) is 5.32 Å². The van der Waals surface area contributed by atoms with Crippen LogP contribution < -0.4 is 5.32 Å². The molecule has 2 aromatic carbocycles. The molecule has 0 unspecified atom stereocenters. The third kappa shape index (κ3) is 4.06. The quantitative estimate of drug-likeness (QED) is 0.538. The van der Waals surface area contributed by atoms with Crippen molar-refractivity contribution < 1.29 is 14.0 Å². The highest BCUT2D eigenvalue weighted by Crippen LogP contribution is 2.13. The normalized spacial score (nSPS) is 10.5. The second-order valence-corrected chi connectivity index (χ2v) is 5.98. The molecule has 0 atom stereocenters. The highest BCUT2D eigenvalue weighted by Gasteiger charge is 2.20. The largest absolute Gasteiger partial charge is 0.340 e. The first-order chi connectivity index (χ1) is 12.6. The smallest absolute Gasteiger partial charge is 0.298 e. The van der Waals surface area contributed by atoms with E-state index in [0.29, 0.717) is 12.2 Å². The summed E-state index contributed by atoms with van der Waals surface area (Å²) in [5, 5.41) is 2.63. The third-order valence-electron chi connectivity index (χ3n) is 4.15. The van der Waals surface area contributed by atoms with Crippen molar-refractivity contribution in [3.05, 3.63) is 89.5 Å². The number of aryl methyl sites for hydroxylation is 1. The van der Waals surface area contributed by atoms with Crippen molar-refractivity contribution in [1.29, 1.82) is 0 Å². The summed E-state index contributed by atoms with van der Waals surface area (Å²) in [5.41, 5.74) is 2.86. The van der Waals surface area contributed by atoms with Gasteiger partial charge >= 0.3 is 0 Å². The maximum absolute atomic E-state index is 13.0. The van der Waals surface area contributed by atoms with E-state index in [9.17, 15) is 14.0 Å². The summed E-state index contributed by atoms with van der Waals surface area (Å²) < 4.78 is 14.7. The van der Waals surface area contributed by atoms with Gasteiger partial charge in [0.2, 0.25) is 0 Å². The van der Waals surface area contributed by atoms with Gasteiger partial charge < -0.3 is 9.88 Å². The number of Topliss-reactive ketones (excluding diaryl/α,β-unsaturated/α-hetero) is 1. The predicted molar refractivity (Wildman–Crippen MR) is 98.7 cm³/mol. The molecule has 0 fully saturated rings. The van der Waals surface area contributed by atoms with E-state index in [1.165, 1.54) is 12.1 Å². The summed E-state index contributed by atoms with van der Waals surface area (Å²) in [4.78, 5) is 24.8. The molecular formula is C21H19FN2O2. The number of carbonyl (C=O) groups is 2. The molecule has 1 amide bonds. The van der Waals surface area contributed by atoms with Crippen LogP contribution in [0.3, 0.4) is 0 Å². The van der Waals surface area contributed by atoms with Gasteiger partial charge in [-0.1, -0.05) is 31.2 Å². The first-order valence-electron chi connectivity index (χ1n) is 8.41. The molecule has 0 bridgehead atoms. The molecular weight excluding hydrogens is 331 g/mol. The summed E-state index contributed by atoms with van der Waals surface area (Å²) in [6.07, 6.45) is 2.63. The number of carbonyl (C=O) groups excluding carboxylic acids is 2. The SMILES string of the molecule is CCc1ccc(NC(=O)C(=O)c2cccn2Cc2ccc(F)cc2)cc1. The summed E-state index contributed by atoms with van der Waals surface area (Å²) in [6.45, 7) is 2.43. The lowest BCUT2D eigenvalue weighted by Gasteiger charge is -2.09. The summed E-state index contributed by atoms with van der Waals surface area (Å²) in [7, 11) is 0. The van der Waals surface area contributed by atoms with Crippen LogP contribution >= 0.6 is 0 Å². The van der Waals surface area contributed by atoms with Crippen LogP contribution in [0.4, 0.5) is 10.1 Å². The van der Waals surface area contributed by atoms with Gasteiger partial charge in [-0.05, 0) is 53.9 Å². The Balaban J connectivity index is 1.72. The average Bonchev–Trinajstić information content (AvgIpc) is 3.11. The van der Waals surface area contributed by atoms with Crippen LogP contribution in [0.2, 0.25) is 0 Å². The van der Waals surface area contributed by atoms with E-state index < -0.39 is 11.7 Å². The van der Waals surface area contributed by atoms with Gasteiger partial charge in [0.15, 0.2) is 0 Å². The van der Waals surface area contributed by atoms with Gasteiger partial charge in [0.25, 0.3) is 11.7 Å². The number of nitrogens with one attached hydrogen (secondary N) is 1. The fourth-order valence-electron chi connectivity index (χ4n) is 2.67. The maximum Gasteiger partial charge on any atom is 0.298 e. The number of benzene rings is 2. The number of nitrogens with zero attached hydrogens (tertiary/aromatic N) is 1. The topological polar surface area (TPSA) is 51.1 Å². The fraction of sp³-hybridized carbons (Fsp3) is 0.143. The Morgan fingerprint density at radius 2 is 1.62 bits per heavy atom. The second kappa shape index (κ2) is 7.78. The minimum Gasteiger partial charge on any atom is -0.340 e. The van der Waals surface area contributed by atoms with E-state index in [1.807, 2.05) is 19.1 Å². The Morgan fingerprint density at radius 1 is 0.962 bits per heavy atom. The first-order valence-corrected chi connectivity index (χ1v) is 8.41. The number of halogens is 1. The van der Waals surface area contributed by atoms with Crippen molar-refractivity contribution in [2.45, 2.75) is 19.9 Å². The Morgan fingerprint density at radius 3 is 2.27 bits per heavy atom. The number of ketones is 1.